The number of aryl methyl sites for hydroxylation is 1. The van der Waals surface area contributed by atoms with Crippen LogP contribution in [-0.4, -0.2) is 17.0 Å². The first kappa shape index (κ1) is 10.2. The predicted octanol–water partition coefficient (Wildman–Crippen LogP) is 1.96. The normalized spacial score (nSPS) is 9.81. The third-order valence-electron chi connectivity index (χ3n) is 2.11. The molecule has 0 atom stereocenters. The number of furan rings is 1. The molecule has 0 bridgehead atoms. The summed E-state index contributed by atoms with van der Waals surface area (Å²) in [5.41, 5.74) is 0.795. The molecule has 80 valence electrons. The summed E-state index contributed by atoms with van der Waals surface area (Å²) in [5.74, 6) is 1.94. The number of anilines is 1. The van der Waals surface area contributed by atoms with Crippen molar-refractivity contribution >= 4 is 5.95 Å². The zero-order chi connectivity index (χ0) is 11.5. The second kappa shape index (κ2) is 4.03. The Hall–Kier alpha value is -2.35. The monoisotopic (exact) mass is 214 g/mol. The zero-order valence-corrected chi connectivity index (χ0v) is 9.01. The van der Waals surface area contributed by atoms with E-state index < -0.39 is 0 Å². The number of nitriles is 1. The van der Waals surface area contributed by atoms with Crippen molar-refractivity contribution in [1.29, 1.82) is 5.26 Å². The van der Waals surface area contributed by atoms with Gasteiger partial charge in [0.2, 0.25) is 5.95 Å². The molecule has 0 saturated heterocycles. The molecule has 16 heavy (non-hydrogen) atoms. The average molecular weight is 214 g/mol. The minimum absolute atomic E-state index is 0.370. The van der Waals surface area contributed by atoms with Gasteiger partial charge in [-0.25, -0.2) is 9.97 Å². The fourth-order valence-electron chi connectivity index (χ4n) is 1.26. The number of aromatic nitrogens is 2. The molecule has 5 heteroatoms. The van der Waals surface area contributed by atoms with Gasteiger partial charge < -0.3 is 4.42 Å². The lowest BCUT2D eigenvalue weighted by atomic mass is 10.3. The molecule has 2 aromatic rings. The van der Waals surface area contributed by atoms with Crippen LogP contribution in [-0.2, 0) is 0 Å². The van der Waals surface area contributed by atoms with Crippen LogP contribution in [0.2, 0.25) is 0 Å². The molecule has 0 spiro atoms. The summed E-state index contributed by atoms with van der Waals surface area (Å²) in [6.45, 7) is 1.88. The minimum atomic E-state index is 0.370. The second-order valence-electron chi connectivity index (χ2n) is 3.34. The molecule has 0 aliphatic heterocycles. The molecule has 0 aliphatic carbocycles. The van der Waals surface area contributed by atoms with E-state index in [-0.39, 0.29) is 0 Å². The molecular weight excluding hydrogens is 204 g/mol. The number of hydrogen-bond acceptors (Lipinski definition) is 5. The van der Waals surface area contributed by atoms with Gasteiger partial charge in [0, 0.05) is 19.4 Å². The Morgan fingerprint density at radius 1 is 1.31 bits per heavy atom. The van der Waals surface area contributed by atoms with E-state index in [1.54, 1.807) is 19.4 Å². The van der Waals surface area contributed by atoms with Crippen molar-refractivity contribution in [2.75, 3.05) is 11.9 Å². The molecule has 0 unspecified atom stereocenters. The first-order valence-corrected chi connectivity index (χ1v) is 4.73. The summed E-state index contributed by atoms with van der Waals surface area (Å²) in [6, 6.07) is 3.74. The van der Waals surface area contributed by atoms with Gasteiger partial charge in [0.15, 0.2) is 6.19 Å². The van der Waals surface area contributed by atoms with Crippen molar-refractivity contribution in [3.8, 4) is 17.5 Å². The Labute approximate surface area is 93.0 Å². The first-order chi connectivity index (χ1) is 7.70. The van der Waals surface area contributed by atoms with Crippen LogP contribution in [0.25, 0.3) is 11.3 Å². The highest BCUT2D eigenvalue weighted by Crippen LogP contribution is 2.20. The topological polar surface area (TPSA) is 66.0 Å². The highest BCUT2D eigenvalue weighted by atomic mass is 16.3. The molecule has 2 heterocycles. The van der Waals surface area contributed by atoms with Crippen LogP contribution < -0.4 is 4.90 Å². The summed E-state index contributed by atoms with van der Waals surface area (Å²) in [7, 11) is 1.60. The van der Waals surface area contributed by atoms with E-state index in [0.717, 1.165) is 17.1 Å². The lowest BCUT2D eigenvalue weighted by Gasteiger charge is -2.05. The van der Waals surface area contributed by atoms with Crippen LogP contribution in [0.3, 0.4) is 0 Å². The second-order valence-corrected chi connectivity index (χ2v) is 3.34. The smallest absolute Gasteiger partial charge is 0.238 e. The average Bonchev–Trinajstić information content (AvgIpc) is 2.75. The zero-order valence-electron chi connectivity index (χ0n) is 9.01. The largest absolute Gasteiger partial charge is 0.461 e. The van der Waals surface area contributed by atoms with Gasteiger partial charge in [-0.2, -0.15) is 5.26 Å². The van der Waals surface area contributed by atoms with Crippen molar-refractivity contribution in [2.24, 2.45) is 0 Å². The maximum atomic E-state index is 8.66. The highest BCUT2D eigenvalue weighted by Gasteiger charge is 2.06. The van der Waals surface area contributed by atoms with Gasteiger partial charge in [0.25, 0.3) is 0 Å². The molecule has 0 aliphatic rings. The highest BCUT2D eigenvalue weighted by molar-refractivity contribution is 5.56. The molecule has 0 saturated carbocycles. The Bertz CT molecular complexity index is 524. The van der Waals surface area contributed by atoms with Crippen molar-refractivity contribution in [2.45, 2.75) is 6.92 Å². The van der Waals surface area contributed by atoms with Crippen molar-refractivity contribution in [3.63, 3.8) is 0 Å². The van der Waals surface area contributed by atoms with Crippen LogP contribution in [0.4, 0.5) is 5.95 Å². The van der Waals surface area contributed by atoms with Crippen LogP contribution in [0, 0.1) is 18.4 Å². The fourth-order valence-corrected chi connectivity index (χ4v) is 1.26. The van der Waals surface area contributed by atoms with E-state index >= 15 is 0 Å². The molecule has 0 radical (unpaired) electrons. The third-order valence-corrected chi connectivity index (χ3v) is 2.11. The molecular formula is C11H10N4O. The Balaban J connectivity index is 2.30. The maximum absolute atomic E-state index is 8.66. The standard InChI is InChI=1S/C11H10N4O/c1-8-3-4-10(16-8)9-5-13-11(14-6-9)15(2)7-12/h3-6H,1-2H3. The van der Waals surface area contributed by atoms with Crippen LogP contribution in [0.15, 0.2) is 28.9 Å². The number of nitrogens with zero attached hydrogens (tertiary/aromatic N) is 4. The van der Waals surface area contributed by atoms with E-state index in [0.29, 0.717) is 5.95 Å². The van der Waals surface area contributed by atoms with Crippen molar-refractivity contribution in [1.82, 2.24) is 9.97 Å². The van der Waals surface area contributed by atoms with Gasteiger partial charge >= 0.3 is 0 Å². The first-order valence-electron chi connectivity index (χ1n) is 4.73. The SMILES string of the molecule is Cc1ccc(-c2cnc(N(C)C#N)nc2)o1. The summed E-state index contributed by atoms with van der Waals surface area (Å²) in [5, 5.41) is 8.66. The van der Waals surface area contributed by atoms with Gasteiger partial charge in [-0.05, 0) is 19.1 Å². The van der Waals surface area contributed by atoms with E-state index in [4.69, 9.17) is 9.68 Å². The summed E-state index contributed by atoms with van der Waals surface area (Å²) in [6.07, 6.45) is 5.20. The van der Waals surface area contributed by atoms with E-state index in [1.807, 2.05) is 25.2 Å². The van der Waals surface area contributed by atoms with Gasteiger partial charge in [-0.3, -0.25) is 4.90 Å². The summed E-state index contributed by atoms with van der Waals surface area (Å²) in [4.78, 5) is 9.42. The Kier molecular flexibility index (Phi) is 2.56. The molecule has 5 nitrogen and oxygen atoms in total. The van der Waals surface area contributed by atoms with Gasteiger partial charge in [0.05, 0.1) is 5.56 Å². The molecule has 2 aromatic heterocycles. The van der Waals surface area contributed by atoms with E-state index in [2.05, 4.69) is 9.97 Å². The van der Waals surface area contributed by atoms with Gasteiger partial charge in [-0.1, -0.05) is 0 Å². The number of hydrogen-bond donors (Lipinski definition) is 0. The molecule has 2 rings (SSSR count). The number of rotatable bonds is 2. The van der Waals surface area contributed by atoms with Gasteiger partial charge in [0.1, 0.15) is 11.5 Å². The van der Waals surface area contributed by atoms with Crippen LogP contribution in [0.1, 0.15) is 5.76 Å². The summed E-state index contributed by atoms with van der Waals surface area (Å²) >= 11 is 0. The van der Waals surface area contributed by atoms with Crippen molar-refractivity contribution in [3.05, 3.63) is 30.3 Å². The molecule has 0 N–H and O–H groups in total. The van der Waals surface area contributed by atoms with E-state index in [1.165, 1.54) is 4.90 Å². The third kappa shape index (κ3) is 1.86. The minimum Gasteiger partial charge on any atom is -0.461 e. The Morgan fingerprint density at radius 3 is 2.50 bits per heavy atom. The lowest BCUT2D eigenvalue weighted by molar-refractivity contribution is 0.548. The van der Waals surface area contributed by atoms with Gasteiger partial charge in [-0.15, -0.1) is 0 Å². The van der Waals surface area contributed by atoms with Crippen LogP contribution in [0.5, 0.6) is 0 Å². The predicted molar refractivity (Wildman–Crippen MR) is 58.5 cm³/mol. The maximum Gasteiger partial charge on any atom is 0.238 e. The summed E-state index contributed by atoms with van der Waals surface area (Å²) < 4.78 is 5.44. The molecule has 0 amide bonds. The van der Waals surface area contributed by atoms with Crippen molar-refractivity contribution < 1.29 is 4.42 Å². The quantitative estimate of drug-likeness (QED) is 0.564. The molecule has 0 fully saturated rings. The molecule has 0 aromatic carbocycles. The lowest BCUT2D eigenvalue weighted by Crippen LogP contribution is -2.11. The Morgan fingerprint density at radius 2 is 2.00 bits per heavy atom. The fraction of sp³-hybridized carbons (Fsp3) is 0.182. The van der Waals surface area contributed by atoms with Crippen LogP contribution >= 0.6 is 0 Å². The van der Waals surface area contributed by atoms with E-state index in [9.17, 15) is 0 Å².